The Hall–Kier alpha value is -1.38. The fourth-order valence-corrected chi connectivity index (χ4v) is 0.760. The largest absolute Gasteiger partial charge is 0.477 e. The highest BCUT2D eigenvalue weighted by atomic mass is 16.4. The van der Waals surface area contributed by atoms with E-state index in [1.54, 1.807) is 19.1 Å². The molecule has 3 heteroatoms. The monoisotopic (exact) mass is 167 g/mol. The number of hydrogen-bond donors (Lipinski definition) is 1. The van der Waals surface area contributed by atoms with Gasteiger partial charge < -0.3 is 5.11 Å². The molecule has 12 heavy (non-hydrogen) atoms. The molecule has 0 amide bonds. The predicted octanol–water partition coefficient (Wildman–Crippen LogP) is 1.66. The number of carboxylic acid groups (broad SMARTS) is 1. The molecular weight excluding hydrogens is 154 g/mol. The Balaban J connectivity index is 4.66. The zero-order valence-electron chi connectivity index (χ0n) is 7.53. The van der Waals surface area contributed by atoms with Crippen LogP contribution in [0.15, 0.2) is 28.8 Å². The quantitative estimate of drug-likeness (QED) is 0.513. The molecular formula is C9H13NO2. The van der Waals surface area contributed by atoms with Crippen LogP contribution < -0.4 is 0 Å². The van der Waals surface area contributed by atoms with Crippen LogP contribution in [0.3, 0.4) is 0 Å². The zero-order chi connectivity index (χ0) is 9.56. The third-order valence-electron chi connectivity index (χ3n) is 1.34. The lowest BCUT2D eigenvalue weighted by atomic mass is 10.1. The van der Waals surface area contributed by atoms with Crippen molar-refractivity contribution in [1.29, 1.82) is 0 Å². The maximum absolute atomic E-state index is 10.5. The first-order valence-corrected chi connectivity index (χ1v) is 3.63. The van der Waals surface area contributed by atoms with Gasteiger partial charge in [-0.3, -0.25) is 4.99 Å². The topological polar surface area (TPSA) is 49.7 Å². The molecule has 0 aromatic rings. The van der Waals surface area contributed by atoms with Crippen molar-refractivity contribution in [3.63, 3.8) is 0 Å². The Morgan fingerprint density at radius 2 is 2.08 bits per heavy atom. The van der Waals surface area contributed by atoms with Gasteiger partial charge in [0, 0.05) is 7.05 Å². The van der Waals surface area contributed by atoms with Crippen molar-refractivity contribution in [2.24, 2.45) is 4.99 Å². The third-order valence-corrected chi connectivity index (χ3v) is 1.34. The Morgan fingerprint density at radius 3 is 2.42 bits per heavy atom. The van der Waals surface area contributed by atoms with E-state index < -0.39 is 5.97 Å². The number of carbonyl (C=O) groups is 1. The number of nitrogens with zero attached hydrogens (tertiary/aromatic N) is 1. The summed E-state index contributed by atoms with van der Waals surface area (Å²) >= 11 is 0. The van der Waals surface area contributed by atoms with Crippen LogP contribution in [0.5, 0.6) is 0 Å². The highest BCUT2D eigenvalue weighted by molar-refractivity contribution is 6.42. The lowest BCUT2D eigenvalue weighted by molar-refractivity contribution is -0.129. The van der Waals surface area contributed by atoms with Crippen molar-refractivity contribution in [1.82, 2.24) is 0 Å². The maximum Gasteiger partial charge on any atom is 0.354 e. The zero-order valence-corrected chi connectivity index (χ0v) is 7.53. The molecule has 0 atom stereocenters. The minimum atomic E-state index is -0.990. The van der Waals surface area contributed by atoms with Gasteiger partial charge in [0.05, 0.1) is 0 Å². The molecule has 1 N–H and O–H groups in total. The van der Waals surface area contributed by atoms with Gasteiger partial charge in [0.1, 0.15) is 5.71 Å². The predicted molar refractivity (Wildman–Crippen MR) is 49.6 cm³/mol. The molecule has 0 aromatic heterocycles. The van der Waals surface area contributed by atoms with Crippen LogP contribution in [0.4, 0.5) is 0 Å². The van der Waals surface area contributed by atoms with Gasteiger partial charge in [-0.1, -0.05) is 18.2 Å². The molecule has 3 nitrogen and oxygen atoms in total. The number of aliphatic imine (C=N–C) groups is 1. The molecule has 0 aliphatic rings. The van der Waals surface area contributed by atoms with E-state index in [0.29, 0.717) is 5.57 Å². The lowest BCUT2D eigenvalue weighted by Crippen LogP contribution is -2.13. The average Bonchev–Trinajstić information content (AvgIpc) is 2.01. The van der Waals surface area contributed by atoms with E-state index in [1.165, 1.54) is 7.05 Å². The minimum Gasteiger partial charge on any atom is -0.477 e. The van der Waals surface area contributed by atoms with Crippen molar-refractivity contribution < 1.29 is 9.90 Å². The van der Waals surface area contributed by atoms with E-state index in [-0.39, 0.29) is 5.71 Å². The van der Waals surface area contributed by atoms with Crippen LogP contribution in [0.25, 0.3) is 0 Å². The van der Waals surface area contributed by atoms with Gasteiger partial charge in [-0.05, 0) is 19.4 Å². The Morgan fingerprint density at radius 1 is 1.50 bits per heavy atom. The SMILES string of the molecule is C/C=C\C=C(\C)C(=NC)C(=O)O. The van der Waals surface area contributed by atoms with Crippen LogP contribution in [-0.2, 0) is 4.79 Å². The van der Waals surface area contributed by atoms with Crippen molar-refractivity contribution in [3.05, 3.63) is 23.8 Å². The summed E-state index contributed by atoms with van der Waals surface area (Å²) in [6.45, 7) is 3.59. The first-order chi connectivity index (χ1) is 5.63. The number of carboxylic acids is 1. The van der Waals surface area contributed by atoms with Crippen molar-refractivity contribution in [2.45, 2.75) is 13.8 Å². The van der Waals surface area contributed by atoms with Gasteiger partial charge >= 0.3 is 5.97 Å². The van der Waals surface area contributed by atoms with Crippen LogP contribution >= 0.6 is 0 Å². The summed E-state index contributed by atoms with van der Waals surface area (Å²) in [5, 5.41) is 8.65. The first-order valence-electron chi connectivity index (χ1n) is 3.63. The van der Waals surface area contributed by atoms with Gasteiger partial charge in [-0.15, -0.1) is 0 Å². The molecule has 0 saturated carbocycles. The molecule has 0 aromatic carbocycles. The van der Waals surface area contributed by atoms with Crippen LogP contribution in [0.1, 0.15) is 13.8 Å². The van der Waals surface area contributed by atoms with Gasteiger partial charge in [0.15, 0.2) is 0 Å². The van der Waals surface area contributed by atoms with E-state index in [0.717, 1.165) is 0 Å². The van der Waals surface area contributed by atoms with E-state index >= 15 is 0 Å². The first kappa shape index (κ1) is 10.6. The molecule has 0 saturated heterocycles. The standard InChI is InChI=1S/C9H13NO2/c1-4-5-6-7(2)8(10-3)9(11)12/h4-6H,1-3H3,(H,11,12)/b5-4-,7-6-,10-8?. The Bertz CT molecular complexity index is 249. The highest BCUT2D eigenvalue weighted by Gasteiger charge is 2.08. The molecule has 0 unspecified atom stereocenters. The molecule has 0 heterocycles. The van der Waals surface area contributed by atoms with Crippen LogP contribution in [0.2, 0.25) is 0 Å². The molecule has 0 rings (SSSR count). The number of rotatable bonds is 3. The summed E-state index contributed by atoms with van der Waals surface area (Å²) in [6.07, 6.45) is 5.33. The number of allylic oxidation sites excluding steroid dienone is 3. The molecule has 0 bridgehead atoms. The Kier molecular flexibility index (Phi) is 4.69. The van der Waals surface area contributed by atoms with E-state index in [9.17, 15) is 4.79 Å². The Labute approximate surface area is 72.1 Å². The fourth-order valence-electron chi connectivity index (χ4n) is 0.760. The second-order valence-corrected chi connectivity index (χ2v) is 2.25. The second-order valence-electron chi connectivity index (χ2n) is 2.25. The summed E-state index contributed by atoms with van der Waals surface area (Å²) in [5.41, 5.74) is 0.760. The maximum atomic E-state index is 10.5. The van der Waals surface area contributed by atoms with E-state index in [1.807, 2.05) is 13.0 Å². The van der Waals surface area contributed by atoms with Gasteiger partial charge in [-0.2, -0.15) is 0 Å². The summed E-state index contributed by atoms with van der Waals surface area (Å²) in [4.78, 5) is 14.2. The average molecular weight is 167 g/mol. The van der Waals surface area contributed by atoms with Gasteiger partial charge in [-0.25, -0.2) is 4.79 Å². The smallest absolute Gasteiger partial charge is 0.354 e. The van der Waals surface area contributed by atoms with Crippen molar-refractivity contribution in [3.8, 4) is 0 Å². The number of aliphatic carboxylic acids is 1. The third kappa shape index (κ3) is 3.14. The normalized spacial score (nSPS) is 13.9. The minimum absolute atomic E-state index is 0.105. The molecule has 66 valence electrons. The molecule has 0 aliphatic heterocycles. The fraction of sp³-hybridized carbons (Fsp3) is 0.333. The number of hydrogen-bond acceptors (Lipinski definition) is 2. The lowest BCUT2D eigenvalue weighted by Gasteiger charge is -1.97. The summed E-state index contributed by atoms with van der Waals surface area (Å²) in [5.74, 6) is -0.990. The summed E-state index contributed by atoms with van der Waals surface area (Å²) in [6, 6.07) is 0. The summed E-state index contributed by atoms with van der Waals surface area (Å²) in [7, 11) is 1.47. The molecule has 0 fully saturated rings. The molecule has 0 radical (unpaired) electrons. The van der Waals surface area contributed by atoms with Crippen molar-refractivity contribution in [2.75, 3.05) is 7.05 Å². The molecule has 0 spiro atoms. The highest BCUT2D eigenvalue weighted by Crippen LogP contribution is 1.97. The van der Waals surface area contributed by atoms with Gasteiger partial charge in [0.25, 0.3) is 0 Å². The van der Waals surface area contributed by atoms with E-state index in [4.69, 9.17) is 5.11 Å². The van der Waals surface area contributed by atoms with Crippen LogP contribution in [0, 0.1) is 0 Å². The van der Waals surface area contributed by atoms with Gasteiger partial charge in [0.2, 0.25) is 0 Å². The van der Waals surface area contributed by atoms with Crippen molar-refractivity contribution >= 4 is 11.7 Å². The van der Waals surface area contributed by atoms with E-state index in [2.05, 4.69) is 4.99 Å². The molecule has 0 aliphatic carbocycles. The summed E-state index contributed by atoms with van der Waals surface area (Å²) < 4.78 is 0. The second kappa shape index (κ2) is 5.29. The van der Waals surface area contributed by atoms with Crippen LogP contribution in [-0.4, -0.2) is 23.8 Å².